The van der Waals surface area contributed by atoms with Gasteiger partial charge in [0.15, 0.2) is 0 Å². The number of methoxy groups -OCH3 is 1. The number of aryl methyl sites for hydroxylation is 2. The topological polar surface area (TPSA) is 87.1 Å². The molecular formula is C18H16N4O2S. The van der Waals surface area contributed by atoms with Gasteiger partial charge in [0.05, 0.1) is 12.8 Å². The molecule has 0 bridgehead atoms. The van der Waals surface area contributed by atoms with Gasteiger partial charge in [0.1, 0.15) is 15.5 Å². The Morgan fingerprint density at radius 1 is 1.16 bits per heavy atom. The van der Waals surface area contributed by atoms with Crippen molar-refractivity contribution in [3.63, 3.8) is 0 Å². The van der Waals surface area contributed by atoms with E-state index in [1.54, 1.807) is 7.11 Å². The van der Waals surface area contributed by atoms with E-state index in [0.717, 1.165) is 37.7 Å². The number of rotatable bonds is 3. The van der Waals surface area contributed by atoms with E-state index in [2.05, 4.69) is 15.1 Å². The lowest BCUT2D eigenvalue weighted by atomic mass is 10.1. The average molecular weight is 352 g/mol. The normalized spacial score (nSPS) is 11.2. The molecule has 3 heterocycles. The number of hydrogen-bond acceptors (Lipinski definition) is 7. The smallest absolute Gasteiger partial charge is 0.270 e. The molecule has 0 spiro atoms. The van der Waals surface area contributed by atoms with Crippen LogP contribution in [-0.2, 0) is 0 Å². The van der Waals surface area contributed by atoms with Crippen molar-refractivity contribution in [3.05, 3.63) is 41.6 Å². The maximum absolute atomic E-state index is 6.34. The number of fused-ring (bicyclic) bond motifs is 1. The van der Waals surface area contributed by atoms with Gasteiger partial charge in [0.2, 0.25) is 5.82 Å². The summed E-state index contributed by atoms with van der Waals surface area (Å²) in [7, 11) is 1.62. The lowest BCUT2D eigenvalue weighted by molar-refractivity contribution is 0.414. The van der Waals surface area contributed by atoms with Gasteiger partial charge in [0, 0.05) is 16.6 Å². The fraction of sp³-hybridized carbons (Fsp3) is 0.167. The van der Waals surface area contributed by atoms with Gasteiger partial charge in [-0.2, -0.15) is 4.98 Å². The number of pyridine rings is 1. The van der Waals surface area contributed by atoms with Crippen molar-refractivity contribution in [2.45, 2.75) is 13.8 Å². The summed E-state index contributed by atoms with van der Waals surface area (Å²) in [6.45, 7) is 4.00. The van der Waals surface area contributed by atoms with Crippen LogP contribution in [0.15, 0.2) is 34.9 Å². The molecule has 0 fully saturated rings. The highest BCUT2D eigenvalue weighted by molar-refractivity contribution is 7.22. The highest BCUT2D eigenvalue weighted by Gasteiger charge is 2.20. The number of nitrogens with zero attached hydrogens (tertiary/aromatic N) is 3. The van der Waals surface area contributed by atoms with Crippen molar-refractivity contribution in [2.24, 2.45) is 0 Å². The van der Waals surface area contributed by atoms with Gasteiger partial charge in [-0.3, -0.25) is 0 Å². The molecule has 0 atom stereocenters. The number of hydrogen-bond donors (Lipinski definition) is 1. The summed E-state index contributed by atoms with van der Waals surface area (Å²) < 4.78 is 10.7. The maximum Gasteiger partial charge on any atom is 0.270 e. The zero-order valence-electron chi connectivity index (χ0n) is 14.0. The van der Waals surface area contributed by atoms with Crippen molar-refractivity contribution < 1.29 is 9.26 Å². The molecule has 0 saturated carbocycles. The van der Waals surface area contributed by atoms with Crippen LogP contribution in [0.5, 0.6) is 5.75 Å². The standard InChI is InChI=1S/C18H16N4O2S/c1-9-7-10(2)20-18-13(9)14(19)15(25-18)17-21-16(22-24-17)11-5-4-6-12(8-11)23-3/h4-8H,19H2,1-3H3. The second-order valence-corrected chi connectivity index (χ2v) is 6.76. The van der Waals surface area contributed by atoms with E-state index in [-0.39, 0.29) is 0 Å². The third-order valence-corrected chi connectivity index (χ3v) is 5.06. The molecule has 4 aromatic rings. The van der Waals surface area contributed by atoms with Gasteiger partial charge >= 0.3 is 0 Å². The van der Waals surface area contributed by atoms with Gasteiger partial charge in [-0.25, -0.2) is 4.98 Å². The number of benzene rings is 1. The molecule has 3 aromatic heterocycles. The third kappa shape index (κ3) is 2.62. The van der Waals surface area contributed by atoms with E-state index in [1.807, 2.05) is 44.2 Å². The average Bonchev–Trinajstić information content (AvgIpc) is 3.20. The summed E-state index contributed by atoms with van der Waals surface area (Å²) in [4.78, 5) is 10.7. The number of ether oxygens (including phenoxy) is 1. The molecule has 0 aliphatic carbocycles. The van der Waals surface area contributed by atoms with Crippen molar-refractivity contribution in [1.82, 2.24) is 15.1 Å². The van der Waals surface area contributed by atoms with Gasteiger partial charge in [-0.05, 0) is 37.6 Å². The predicted octanol–water partition coefficient (Wildman–Crippen LogP) is 4.22. The fourth-order valence-corrected chi connectivity index (χ4v) is 3.96. The predicted molar refractivity (Wildman–Crippen MR) is 98.8 cm³/mol. The second-order valence-electron chi connectivity index (χ2n) is 5.76. The quantitative estimate of drug-likeness (QED) is 0.594. The molecule has 2 N–H and O–H groups in total. The van der Waals surface area contributed by atoms with Crippen LogP contribution in [0, 0.1) is 13.8 Å². The minimum absolute atomic E-state index is 0.398. The van der Waals surface area contributed by atoms with Crippen molar-refractivity contribution >= 4 is 27.2 Å². The third-order valence-electron chi connectivity index (χ3n) is 3.97. The van der Waals surface area contributed by atoms with Crippen LogP contribution >= 0.6 is 11.3 Å². The number of nitrogens with two attached hydrogens (primary N) is 1. The summed E-state index contributed by atoms with van der Waals surface area (Å²) >= 11 is 1.46. The Morgan fingerprint density at radius 3 is 2.80 bits per heavy atom. The number of aromatic nitrogens is 3. The van der Waals surface area contributed by atoms with Crippen LogP contribution in [0.25, 0.3) is 32.4 Å². The van der Waals surface area contributed by atoms with Crippen LogP contribution in [0.1, 0.15) is 11.3 Å². The molecule has 126 valence electrons. The minimum Gasteiger partial charge on any atom is -0.497 e. The summed E-state index contributed by atoms with van der Waals surface area (Å²) in [6.07, 6.45) is 0. The Morgan fingerprint density at radius 2 is 2.00 bits per heavy atom. The van der Waals surface area contributed by atoms with Gasteiger partial charge in [-0.1, -0.05) is 17.3 Å². The van der Waals surface area contributed by atoms with Gasteiger partial charge in [0.25, 0.3) is 5.89 Å². The monoisotopic (exact) mass is 352 g/mol. The second kappa shape index (κ2) is 5.86. The molecule has 6 nitrogen and oxygen atoms in total. The van der Waals surface area contributed by atoms with E-state index in [1.165, 1.54) is 11.3 Å². The van der Waals surface area contributed by atoms with Crippen molar-refractivity contribution in [2.75, 3.05) is 12.8 Å². The van der Waals surface area contributed by atoms with Crippen LogP contribution < -0.4 is 10.5 Å². The van der Waals surface area contributed by atoms with E-state index in [9.17, 15) is 0 Å². The number of thiophene rings is 1. The number of nitrogen functional groups attached to an aromatic ring is 1. The molecule has 0 amide bonds. The maximum atomic E-state index is 6.34. The molecule has 0 aliphatic rings. The van der Waals surface area contributed by atoms with E-state index < -0.39 is 0 Å². The Hall–Kier alpha value is -2.93. The molecular weight excluding hydrogens is 336 g/mol. The Balaban J connectivity index is 1.81. The van der Waals surface area contributed by atoms with Crippen LogP contribution in [0.2, 0.25) is 0 Å². The first-order valence-corrected chi connectivity index (χ1v) is 8.53. The Labute approximate surface area is 148 Å². The van der Waals surface area contributed by atoms with E-state index in [4.69, 9.17) is 15.0 Å². The van der Waals surface area contributed by atoms with Crippen molar-refractivity contribution in [1.29, 1.82) is 0 Å². The van der Waals surface area contributed by atoms with E-state index in [0.29, 0.717) is 17.4 Å². The zero-order chi connectivity index (χ0) is 17.6. The van der Waals surface area contributed by atoms with E-state index >= 15 is 0 Å². The number of anilines is 1. The highest BCUT2D eigenvalue weighted by Crippen LogP contribution is 2.41. The summed E-state index contributed by atoms with van der Waals surface area (Å²) in [5.74, 6) is 1.63. The Kier molecular flexibility index (Phi) is 3.65. The fourth-order valence-electron chi connectivity index (χ4n) is 2.82. The van der Waals surface area contributed by atoms with Crippen LogP contribution in [0.3, 0.4) is 0 Å². The Bertz CT molecular complexity index is 1080. The first-order valence-electron chi connectivity index (χ1n) is 7.71. The lowest BCUT2D eigenvalue weighted by Crippen LogP contribution is -1.89. The van der Waals surface area contributed by atoms with Gasteiger partial charge < -0.3 is 15.0 Å². The van der Waals surface area contributed by atoms with Crippen molar-refractivity contribution in [3.8, 4) is 27.9 Å². The molecule has 0 unspecified atom stereocenters. The first kappa shape index (κ1) is 15.6. The summed E-state index contributed by atoms with van der Waals surface area (Å²) in [5.41, 5.74) is 9.84. The molecule has 0 saturated heterocycles. The zero-order valence-corrected chi connectivity index (χ0v) is 14.8. The van der Waals surface area contributed by atoms with Crippen LogP contribution in [-0.4, -0.2) is 22.2 Å². The molecule has 0 aliphatic heterocycles. The summed E-state index contributed by atoms with van der Waals surface area (Å²) in [5, 5.41) is 5.03. The minimum atomic E-state index is 0.398. The largest absolute Gasteiger partial charge is 0.497 e. The molecule has 0 radical (unpaired) electrons. The lowest BCUT2D eigenvalue weighted by Gasteiger charge is -2.00. The SMILES string of the molecule is COc1cccc(-c2noc(-c3sc4nc(C)cc(C)c4c3N)n2)c1. The molecule has 4 rings (SSSR count). The van der Waals surface area contributed by atoms with Gasteiger partial charge in [-0.15, -0.1) is 11.3 Å². The molecule has 1 aromatic carbocycles. The first-order chi connectivity index (χ1) is 12.1. The van der Waals surface area contributed by atoms with Crippen LogP contribution in [0.4, 0.5) is 5.69 Å². The molecule has 25 heavy (non-hydrogen) atoms. The highest BCUT2D eigenvalue weighted by atomic mass is 32.1. The summed E-state index contributed by atoms with van der Waals surface area (Å²) in [6, 6.07) is 9.53. The molecule has 7 heteroatoms.